The molecule has 0 N–H and O–H groups in total. The predicted molar refractivity (Wildman–Crippen MR) is 65.0 cm³/mol. The van der Waals surface area contributed by atoms with Gasteiger partial charge in [-0.15, -0.1) is 0 Å². The molecule has 0 saturated carbocycles. The zero-order chi connectivity index (χ0) is 10.1. The Morgan fingerprint density at radius 2 is 2.14 bits per heavy atom. The highest BCUT2D eigenvalue weighted by molar-refractivity contribution is 9.13. The minimum absolute atomic E-state index is 0.815. The van der Waals surface area contributed by atoms with Gasteiger partial charge in [-0.05, 0) is 49.4 Å². The van der Waals surface area contributed by atoms with Crippen molar-refractivity contribution in [3.8, 4) is 5.75 Å². The number of fused-ring (bicyclic) bond motifs is 1. The first-order chi connectivity index (χ1) is 6.74. The third-order valence-electron chi connectivity index (χ3n) is 2.45. The van der Waals surface area contributed by atoms with E-state index in [0.717, 1.165) is 34.1 Å². The molecular formula is C11H12Br2O. The predicted octanol–water partition coefficient (Wildman–Crippen LogP) is 4.10. The summed E-state index contributed by atoms with van der Waals surface area (Å²) in [5, 5.41) is 0. The van der Waals surface area contributed by atoms with Crippen LogP contribution in [-0.4, -0.2) is 6.61 Å². The van der Waals surface area contributed by atoms with Crippen molar-refractivity contribution >= 4 is 31.9 Å². The van der Waals surface area contributed by atoms with Crippen LogP contribution >= 0.6 is 31.9 Å². The third-order valence-corrected chi connectivity index (χ3v) is 4.65. The highest BCUT2D eigenvalue weighted by atomic mass is 79.9. The van der Waals surface area contributed by atoms with Gasteiger partial charge in [0.25, 0.3) is 0 Å². The van der Waals surface area contributed by atoms with Crippen molar-refractivity contribution in [1.82, 2.24) is 0 Å². The standard InChI is InChI=1S/C11H12Br2O/c1-2-3-7-6-8-4-5-14-11(8)10(13)9(7)12/h6H,2-5H2,1H3. The molecule has 0 amide bonds. The number of hydrogen-bond acceptors (Lipinski definition) is 1. The molecule has 0 atom stereocenters. The fourth-order valence-corrected chi connectivity index (χ4v) is 2.89. The van der Waals surface area contributed by atoms with Crippen molar-refractivity contribution in [3.63, 3.8) is 0 Å². The Morgan fingerprint density at radius 3 is 2.86 bits per heavy atom. The normalized spacial score (nSPS) is 13.9. The molecule has 0 saturated heterocycles. The fraction of sp³-hybridized carbons (Fsp3) is 0.455. The molecule has 1 nitrogen and oxygen atoms in total. The molecule has 0 aliphatic carbocycles. The van der Waals surface area contributed by atoms with Gasteiger partial charge in [-0.2, -0.15) is 0 Å². The maximum atomic E-state index is 5.57. The van der Waals surface area contributed by atoms with Crippen LogP contribution in [0.1, 0.15) is 24.5 Å². The van der Waals surface area contributed by atoms with E-state index in [-0.39, 0.29) is 0 Å². The van der Waals surface area contributed by atoms with Gasteiger partial charge in [0.2, 0.25) is 0 Å². The van der Waals surface area contributed by atoms with Crippen LogP contribution in [0.3, 0.4) is 0 Å². The van der Waals surface area contributed by atoms with Crippen LogP contribution in [0.4, 0.5) is 0 Å². The highest BCUT2D eigenvalue weighted by Gasteiger charge is 2.19. The third kappa shape index (κ3) is 1.72. The number of hydrogen-bond donors (Lipinski definition) is 0. The average Bonchev–Trinajstić information content (AvgIpc) is 2.62. The summed E-state index contributed by atoms with van der Waals surface area (Å²) in [5.74, 6) is 1.02. The van der Waals surface area contributed by atoms with Crippen LogP contribution in [-0.2, 0) is 12.8 Å². The van der Waals surface area contributed by atoms with E-state index in [4.69, 9.17) is 4.74 Å². The molecule has 1 aromatic rings. The maximum absolute atomic E-state index is 5.57. The maximum Gasteiger partial charge on any atom is 0.137 e. The second-order valence-corrected chi connectivity index (χ2v) is 5.09. The number of ether oxygens (including phenoxy) is 1. The zero-order valence-corrected chi connectivity index (χ0v) is 11.2. The van der Waals surface area contributed by atoms with Gasteiger partial charge in [0.1, 0.15) is 5.75 Å². The number of benzene rings is 1. The molecule has 1 aromatic carbocycles. The Hall–Kier alpha value is -0.0200. The molecule has 76 valence electrons. The molecule has 0 spiro atoms. The highest BCUT2D eigenvalue weighted by Crippen LogP contribution is 2.41. The van der Waals surface area contributed by atoms with Crippen molar-refractivity contribution in [3.05, 3.63) is 26.1 Å². The lowest BCUT2D eigenvalue weighted by Gasteiger charge is -2.09. The van der Waals surface area contributed by atoms with E-state index in [1.54, 1.807) is 0 Å². The van der Waals surface area contributed by atoms with E-state index in [2.05, 4.69) is 44.8 Å². The molecule has 0 radical (unpaired) electrons. The Kier molecular flexibility index (Phi) is 3.17. The molecule has 0 aromatic heterocycles. The summed E-state index contributed by atoms with van der Waals surface area (Å²) in [6, 6.07) is 2.26. The second kappa shape index (κ2) is 4.23. The topological polar surface area (TPSA) is 9.23 Å². The lowest BCUT2D eigenvalue weighted by atomic mass is 10.1. The first kappa shape index (κ1) is 10.5. The van der Waals surface area contributed by atoms with Crippen molar-refractivity contribution in [1.29, 1.82) is 0 Å². The van der Waals surface area contributed by atoms with E-state index in [1.165, 1.54) is 17.5 Å². The van der Waals surface area contributed by atoms with E-state index in [1.807, 2.05) is 0 Å². The zero-order valence-electron chi connectivity index (χ0n) is 8.07. The van der Waals surface area contributed by atoms with Crippen LogP contribution in [0.5, 0.6) is 5.75 Å². The van der Waals surface area contributed by atoms with Crippen molar-refractivity contribution < 1.29 is 4.74 Å². The van der Waals surface area contributed by atoms with Crippen molar-refractivity contribution in [2.45, 2.75) is 26.2 Å². The molecule has 1 aliphatic heterocycles. The van der Waals surface area contributed by atoms with Crippen LogP contribution in [0.2, 0.25) is 0 Å². The number of aryl methyl sites for hydroxylation is 1. The SMILES string of the molecule is CCCc1cc2c(c(Br)c1Br)OCC2. The van der Waals surface area contributed by atoms with Crippen LogP contribution in [0.25, 0.3) is 0 Å². The summed E-state index contributed by atoms with van der Waals surface area (Å²) in [7, 11) is 0. The molecule has 0 unspecified atom stereocenters. The number of halogens is 2. The van der Waals surface area contributed by atoms with Gasteiger partial charge in [-0.25, -0.2) is 0 Å². The lowest BCUT2D eigenvalue weighted by Crippen LogP contribution is -1.90. The second-order valence-electron chi connectivity index (χ2n) is 3.50. The molecular weight excluding hydrogens is 308 g/mol. The van der Waals surface area contributed by atoms with Gasteiger partial charge in [-0.1, -0.05) is 19.4 Å². The van der Waals surface area contributed by atoms with Gasteiger partial charge >= 0.3 is 0 Å². The summed E-state index contributed by atoms with van der Waals surface area (Å²) in [6.45, 7) is 3.01. The summed E-state index contributed by atoms with van der Waals surface area (Å²) in [5.41, 5.74) is 2.71. The summed E-state index contributed by atoms with van der Waals surface area (Å²) < 4.78 is 7.80. The Balaban J connectivity index is 2.49. The van der Waals surface area contributed by atoms with Crippen LogP contribution in [0, 0.1) is 0 Å². The van der Waals surface area contributed by atoms with E-state index >= 15 is 0 Å². The average molecular weight is 320 g/mol. The first-order valence-corrected chi connectivity index (χ1v) is 6.45. The number of rotatable bonds is 2. The summed E-state index contributed by atoms with van der Waals surface area (Å²) in [6.07, 6.45) is 3.33. The molecule has 1 aliphatic rings. The Morgan fingerprint density at radius 1 is 1.36 bits per heavy atom. The molecule has 0 fully saturated rings. The minimum atomic E-state index is 0.815. The van der Waals surface area contributed by atoms with Gasteiger partial charge in [0.05, 0.1) is 11.1 Å². The van der Waals surface area contributed by atoms with Crippen molar-refractivity contribution in [2.75, 3.05) is 6.61 Å². The molecule has 0 bridgehead atoms. The minimum Gasteiger partial charge on any atom is -0.492 e. The lowest BCUT2D eigenvalue weighted by molar-refractivity contribution is 0.354. The smallest absolute Gasteiger partial charge is 0.137 e. The van der Waals surface area contributed by atoms with E-state index < -0.39 is 0 Å². The largest absolute Gasteiger partial charge is 0.492 e. The fourth-order valence-electron chi connectivity index (χ4n) is 1.78. The van der Waals surface area contributed by atoms with Gasteiger partial charge in [0.15, 0.2) is 0 Å². The van der Waals surface area contributed by atoms with Gasteiger partial charge < -0.3 is 4.74 Å². The first-order valence-electron chi connectivity index (χ1n) is 4.86. The van der Waals surface area contributed by atoms with Gasteiger partial charge in [0, 0.05) is 10.9 Å². The van der Waals surface area contributed by atoms with E-state index in [9.17, 15) is 0 Å². The van der Waals surface area contributed by atoms with Crippen LogP contribution in [0.15, 0.2) is 15.0 Å². The summed E-state index contributed by atoms with van der Waals surface area (Å²) >= 11 is 7.19. The molecule has 3 heteroatoms. The quantitative estimate of drug-likeness (QED) is 0.797. The Bertz CT molecular complexity index is 361. The molecule has 2 rings (SSSR count). The summed E-state index contributed by atoms with van der Waals surface area (Å²) in [4.78, 5) is 0. The molecule has 14 heavy (non-hydrogen) atoms. The van der Waals surface area contributed by atoms with Gasteiger partial charge in [-0.3, -0.25) is 0 Å². The monoisotopic (exact) mass is 318 g/mol. The van der Waals surface area contributed by atoms with Crippen molar-refractivity contribution in [2.24, 2.45) is 0 Å². The Labute approximate surface area is 101 Å². The molecule has 1 heterocycles. The van der Waals surface area contributed by atoms with Crippen LogP contribution < -0.4 is 4.74 Å². The van der Waals surface area contributed by atoms with E-state index in [0.29, 0.717) is 0 Å².